The first-order chi connectivity index (χ1) is 8.11. The SMILES string of the molecule is Cc1cn([C@H]2C=C[C@@H](CNO)C2)c(=O)[nH]c1=O. The molecule has 1 aliphatic rings. The van der Waals surface area contributed by atoms with Gasteiger partial charge in [0.05, 0.1) is 6.04 Å². The van der Waals surface area contributed by atoms with Crippen molar-refractivity contribution < 1.29 is 5.21 Å². The van der Waals surface area contributed by atoms with Gasteiger partial charge in [0.15, 0.2) is 0 Å². The van der Waals surface area contributed by atoms with Crippen molar-refractivity contribution in [2.75, 3.05) is 6.54 Å². The number of allylic oxidation sites excluding steroid dienone is 1. The van der Waals surface area contributed by atoms with Crippen molar-refractivity contribution in [1.29, 1.82) is 0 Å². The number of hydrogen-bond acceptors (Lipinski definition) is 4. The van der Waals surface area contributed by atoms with Gasteiger partial charge in [0, 0.05) is 18.3 Å². The first-order valence-electron chi connectivity index (χ1n) is 5.49. The van der Waals surface area contributed by atoms with Crippen LogP contribution >= 0.6 is 0 Å². The zero-order valence-electron chi connectivity index (χ0n) is 9.51. The van der Waals surface area contributed by atoms with Crippen LogP contribution in [0.4, 0.5) is 0 Å². The fourth-order valence-corrected chi connectivity index (χ4v) is 2.06. The number of nitrogens with one attached hydrogen (secondary N) is 2. The number of rotatable bonds is 3. The molecule has 1 aliphatic carbocycles. The minimum absolute atomic E-state index is 0.0589. The molecule has 0 aliphatic heterocycles. The number of aryl methyl sites for hydroxylation is 1. The monoisotopic (exact) mass is 237 g/mol. The van der Waals surface area contributed by atoms with Crippen LogP contribution in [0.5, 0.6) is 0 Å². The standard InChI is InChI=1S/C11H15N3O3/c1-7-6-14(11(16)13-10(7)15)9-3-2-8(4-9)5-12-17/h2-3,6,8-9,12,17H,4-5H2,1H3,(H,13,15,16)/t8-,9+/m1/s1. The molecule has 0 aromatic carbocycles. The Morgan fingerprint density at radius 3 is 3.00 bits per heavy atom. The Morgan fingerprint density at radius 2 is 2.29 bits per heavy atom. The average molecular weight is 237 g/mol. The van der Waals surface area contributed by atoms with E-state index in [9.17, 15) is 9.59 Å². The van der Waals surface area contributed by atoms with E-state index in [2.05, 4.69) is 10.5 Å². The van der Waals surface area contributed by atoms with Gasteiger partial charge in [-0.3, -0.25) is 14.3 Å². The third-order valence-electron chi connectivity index (χ3n) is 3.01. The first-order valence-corrected chi connectivity index (χ1v) is 5.49. The van der Waals surface area contributed by atoms with Gasteiger partial charge in [0.25, 0.3) is 5.56 Å². The third kappa shape index (κ3) is 2.37. The van der Waals surface area contributed by atoms with E-state index in [1.165, 1.54) is 4.57 Å². The highest BCUT2D eigenvalue weighted by atomic mass is 16.5. The largest absolute Gasteiger partial charge is 0.328 e. The number of aromatic amines is 1. The predicted molar refractivity (Wildman–Crippen MR) is 62.1 cm³/mol. The Bertz CT molecular complexity index is 544. The Morgan fingerprint density at radius 1 is 1.53 bits per heavy atom. The van der Waals surface area contributed by atoms with Crippen LogP contribution in [0.15, 0.2) is 27.9 Å². The minimum atomic E-state index is -0.396. The summed E-state index contributed by atoms with van der Waals surface area (Å²) in [5.74, 6) is 0.198. The average Bonchev–Trinajstić information content (AvgIpc) is 2.72. The second kappa shape index (κ2) is 4.68. The molecule has 0 saturated heterocycles. The molecule has 2 atom stereocenters. The van der Waals surface area contributed by atoms with Crippen LogP contribution in [0.2, 0.25) is 0 Å². The second-order valence-electron chi connectivity index (χ2n) is 4.29. The molecule has 2 rings (SSSR count). The van der Waals surface area contributed by atoms with Crippen molar-refractivity contribution in [3.05, 3.63) is 44.8 Å². The van der Waals surface area contributed by atoms with Gasteiger partial charge >= 0.3 is 5.69 Å². The lowest BCUT2D eigenvalue weighted by molar-refractivity contribution is 0.154. The summed E-state index contributed by atoms with van der Waals surface area (Å²) >= 11 is 0. The summed E-state index contributed by atoms with van der Waals surface area (Å²) in [7, 11) is 0. The maximum Gasteiger partial charge on any atom is 0.328 e. The van der Waals surface area contributed by atoms with Crippen molar-refractivity contribution in [3.63, 3.8) is 0 Å². The molecule has 17 heavy (non-hydrogen) atoms. The van der Waals surface area contributed by atoms with Crippen molar-refractivity contribution in [1.82, 2.24) is 15.0 Å². The maximum absolute atomic E-state index is 11.7. The van der Waals surface area contributed by atoms with Gasteiger partial charge in [-0.2, -0.15) is 0 Å². The van der Waals surface area contributed by atoms with E-state index in [0.717, 1.165) is 6.42 Å². The van der Waals surface area contributed by atoms with Crippen LogP contribution < -0.4 is 16.7 Å². The zero-order chi connectivity index (χ0) is 12.4. The van der Waals surface area contributed by atoms with Crippen molar-refractivity contribution >= 4 is 0 Å². The Kier molecular flexibility index (Phi) is 3.26. The van der Waals surface area contributed by atoms with Crippen LogP contribution in [-0.4, -0.2) is 21.3 Å². The van der Waals surface area contributed by atoms with Crippen molar-refractivity contribution in [3.8, 4) is 0 Å². The van der Waals surface area contributed by atoms with Gasteiger partial charge in [0.1, 0.15) is 0 Å². The van der Waals surface area contributed by atoms with Crippen LogP contribution in [0.3, 0.4) is 0 Å². The lowest BCUT2D eigenvalue weighted by Crippen LogP contribution is -2.32. The highest BCUT2D eigenvalue weighted by Gasteiger charge is 2.21. The number of H-pyrrole nitrogens is 1. The fourth-order valence-electron chi connectivity index (χ4n) is 2.06. The van der Waals surface area contributed by atoms with Crippen molar-refractivity contribution in [2.45, 2.75) is 19.4 Å². The summed E-state index contributed by atoms with van der Waals surface area (Å²) in [6, 6.07) is -0.0589. The van der Waals surface area contributed by atoms with E-state index in [1.54, 1.807) is 13.1 Å². The molecule has 0 amide bonds. The Balaban J connectivity index is 2.26. The molecule has 92 valence electrons. The van der Waals surface area contributed by atoms with E-state index < -0.39 is 5.69 Å². The van der Waals surface area contributed by atoms with Crippen LogP contribution in [0.25, 0.3) is 0 Å². The van der Waals surface area contributed by atoms with Crippen LogP contribution in [-0.2, 0) is 0 Å². The number of hydrogen-bond donors (Lipinski definition) is 3. The summed E-state index contributed by atoms with van der Waals surface area (Å²) in [5, 5.41) is 8.62. The molecule has 1 aromatic heterocycles. The van der Waals surface area contributed by atoms with Crippen LogP contribution in [0.1, 0.15) is 18.0 Å². The van der Waals surface area contributed by atoms with Gasteiger partial charge in [-0.05, 0) is 19.3 Å². The topological polar surface area (TPSA) is 87.1 Å². The quantitative estimate of drug-likeness (QED) is 0.508. The van der Waals surface area contributed by atoms with Gasteiger partial charge in [0.2, 0.25) is 0 Å². The summed E-state index contributed by atoms with van der Waals surface area (Å²) in [6.07, 6.45) is 6.19. The minimum Gasteiger partial charge on any atom is -0.317 e. The molecule has 3 N–H and O–H groups in total. The summed E-state index contributed by atoms with van der Waals surface area (Å²) in [6.45, 7) is 2.13. The smallest absolute Gasteiger partial charge is 0.317 e. The maximum atomic E-state index is 11.7. The summed E-state index contributed by atoms with van der Waals surface area (Å²) in [5.41, 5.74) is 1.89. The molecule has 0 saturated carbocycles. The first kappa shape index (κ1) is 11.8. The zero-order valence-corrected chi connectivity index (χ0v) is 9.51. The number of nitrogens with zero attached hydrogens (tertiary/aromatic N) is 1. The molecule has 1 heterocycles. The molecule has 0 spiro atoms. The summed E-state index contributed by atoms with van der Waals surface area (Å²) in [4.78, 5) is 25.2. The number of hydroxylamine groups is 1. The Hall–Kier alpha value is -1.66. The van der Waals surface area contributed by atoms with Gasteiger partial charge in [-0.15, -0.1) is 0 Å². The van der Waals surface area contributed by atoms with E-state index in [0.29, 0.717) is 12.1 Å². The van der Waals surface area contributed by atoms with Gasteiger partial charge in [-0.1, -0.05) is 12.2 Å². The van der Waals surface area contributed by atoms with E-state index in [-0.39, 0.29) is 17.5 Å². The van der Waals surface area contributed by atoms with Gasteiger partial charge in [-0.25, -0.2) is 10.3 Å². The second-order valence-corrected chi connectivity index (χ2v) is 4.29. The molecule has 0 radical (unpaired) electrons. The molecule has 0 unspecified atom stereocenters. The third-order valence-corrected chi connectivity index (χ3v) is 3.01. The lowest BCUT2D eigenvalue weighted by atomic mass is 10.1. The number of aromatic nitrogens is 2. The fraction of sp³-hybridized carbons (Fsp3) is 0.455. The van der Waals surface area contributed by atoms with E-state index >= 15 is 0 Å². The lowest BCUT2D eigenvalue weighted by Gasteiger charge is -2.14. The van der Waals surface area contributed by atoms with Gasteiger partial charge < -0.3 is 5.21 Å². The Labute approximate surface area is 97.6 Å². The van der Waals surface area contributed by atoms with Crippen LogP contribution in [0, 0.1) is 12.8 Å². The predicted octanol–water partition coefficient (Wildman–Crippen LogP) is -0.0590. The summed E-state index contributed by atoms with van der Waals surface area (Å²) < 4.78 is 1.52. The van der Waals surface area contributed by atoms with Crippen molar-refractivity contribution in [2.24, 2.45) is 5.92 Å². The molecule has 6 nitrogen and oxygen atoms in total. The molecule has 1 aromatic rings. The molecular weight excluding hydrogens is 222 g/mol. The normalized spacial score (nSPS) is 23.2. The molecular formula is C11H15N3O3. The van der Waals surface area contributed by atoms with E-state index in [4.69, 9.17) is 5.21 Å². The molecule has 0 fully saturated rings. The molecule has 6 heteroatoms. The highest BCUT2D eigenvalue weighted by molar-refractivity contribution is 5.09. The highest BCUT2D eigenvalue weighted by Crippen LogP contribution is 2.25. The van der Waals surface area contributed by atoms with E-state index in [1.807, 2.05) is 12.2 Å². The molecule has 0 bridgehead atoms.